The third-order valence-electron chi connectivity index (χ3n) is 1.98. The maximum Gasteiger partial charge on any atom is 0.326 e. The van der Waals surface area contributed by atoms with Crippen LogP contribution in [0.2, 0.25) is 0 Å². The maximum atomic E-state index is 10.6. The molecule has 58 valence electrons. The van der Waals surface area contributed by atoms with E-state index in [0.29, 0.717) is 5.75 Å². The van der Waals surface area contributed by atoms with Crippen LogP contribution in [0.5, 0.6) is 0 Å². The second-order valence-electron chi connectivity index (χ2n) is 2.54. The van der Waals surface area contributed by atoms with Gasteiger partial charge in [0.25, 0.3) is 0 Å². The van der Waals surface area contributed by atoms with Gasteiger partial charge in [-0.2, -0.15) is 12.6 Å². The Morgan fingerprint density at radius 2 is 2.50 bits per heavy atom. The molecule has 0 spiro atoms. The number of carbonyl (C=O) groups is 1. The van der Waals surface area contributed by atoms with E-state index in [0.717, 1.165) is 6.42 Å². The molecule has 0 bridgehead atoms. The van der Waals surface area contributed by atoms with E-state index in [4.69, 9.17) is 5.11 Å². The summed E-state index contributed by atoms with van der Waals surface area (Å²) in [5.41, 5.74) is -0.710. The van der Waals surface area contributed by atoms with Crippen LogP contribution >= 0.6 is 12.6 Å². The smallest absolute Gasteiger partial charge is 0.326 e. The molecule has 0 aliphatic carbocycles. The van der Waals surface area contributed by atoms with Gasteiger partial charge < -0.3 is 5.11 Å². The lowest BCUT2D eigenvalue weighted by Gasteiger charge is -2.02. The van der Waals surface area contributed by atoms with Gasteiger partial charge in [0.15, 0.2) is 0 Å². The third kappa shape index (κ3) is 0.914. The van der Waals surface area contributed by atoms with Crippen LogP contribution in [-0.2, 0) is 4.79 Å². The van der Waals surface area contributed by atoms with Crippen LogP contribution < -0.4 is 5.32 Å². The number of thiol groups is 1. The van der Waals surface area contributed by atoms with E-state index in [9.17, 15) is 4.79 Å². The highest BCUT2D eigenvalue weighted by Crippen LogP contribution is 2.30. The average molecular weight is 161 g/mol. The first-order valence-electron chi connectivity index (χ1n) is 3.29. The number of rotatable bonds is 3. The molecule has 1 saturated heterocycles. The minimum Gasteiger partial charge on any atom is -0.480 e. The summed E-state index contributed by atoms with van der Waals surface area (Å²) in [4.78, 5) is 10.6. The zero-order valence-corrected chi connectivity index (χ0v) is 6.69. The Balaban J connectivity index is 2.59. The number of carboxylic acid groups (broad SMARTS) is 1. The molecule has 0 aromatic carbocycles. The molecule has 4 heteroatoms. The fourth-order valence-electron chi connectivity index (χ4n) is 1.15. The summed E-state index contributed by atoms with van der Waals surface area (Å²) >= 11 is 3.97. The molecule has 1 heterocycles. The van der Waals surface area contributed by atoms with E-state index in [2.05, 4.69) is 17.9 Å². The van der Waals surface area contributed by atoms with Gasteiger partial charge in [-0.15, -0.1) is 0 Å². The lowest BCUT2D eigenvalue weighted by molar-refractivity contribution is -0.139. The second-order valence-corrected chi connectivity index (χ2v) is 2.86. The Morgan fingerprint density at radius 3 is 2.60 bits per heavy atom. The van der Waals surface area contributed by atoms with Crippen molar-refractivity contribution in [1.82, 2.24) is 5.32 Å². The summed E-state index contributed by atoms with van der Waals surface area (Å²) < 4.78 is 0. The van der Waals surface area contributed by atoms with Crippen molar-refractivity contribution in [3.05, 3.63) is 0 Å². The summed E-state index contributed by atoms with van der Waals surface area (Å²) in [6, 6.07) is 0.127. The van der Waals surface area contributed by atoms with Crippen molar-refractivity contribution in [2.45, 2.75) is 24.9 Å². The van der Waals surface area contributed by atoms with Gasteiger partial charge in [0.1, 0.15) is 5.54 Å². The normalized spacial score (nSPS) is 37.6. The summed E-state index contributed by atoms with van der Waals surface area (Å²) in [5, 5.41) is 11.6. The quantitative estimate of drug-likeness (QED) is 0.407. The van der Waals surface area contributed by atoms with E-state index in [-0.39, 0.29) is 6.04 Å². The highest BCUT2D eigenvalue weighted by atomic mass is 32.1. The molecule has 3 nitrogen and oxygen atoms in total. The van der Waals surface area contributed by atoms with Gasteiger partial charge in [0.05, 0.1) is 0 Å². The number of aliphatic carboxylic acids is 1. The molecule has 0 aromatic heterocycles. The number of hydrogen-bond acceptors (Lipinski definition) is 3. The molecule has 2 N–H and O–H groups in total. The van der Waals surface area contributed by atoms with Crippen LogP contribution in [0.1, 0.15) is 13.3 Å². The van der Waals surface area contributed by atoms with Gasteiger partial charge in [-0.1, -0.05) is 6.92 Å². The highest BCUT2D eigenvalue weighted by Gasteiger charge is 2.57. The van der Waals surface area contributed by atoms with E-state index in [1.165, 1.54) is 0 Å². The fourth-order valence-corrected chi connectivity index (χ4v) is 1.60. The topological polar surface area (TPSA) is 59.2 Å². The summed E-state index contributed by atoms with van der Waals surface area (Å²) in [5.74, 6) is -0.407. The van der Waals surface area contributed by atoms with Crippen LogP contribution in [0, 0.1) is 0 Å². The van der Waals surface area contributed by atoms with E-state index >= 15 is 0 Å². The Labute approximate surface area is 65.2 Å². The van der Waals surface area contributed by atoms with Crippen molar-refractivity contribution in [3.8, 4) is 0 Å². The van der Waals surface area contributed by atoms with Crippen molar-refractivity contribution >= 4 is 18.6 Å². The molecule has 2 atom stereocenters. The molecule has 0 amide bonds. The molecule has 1 aliphatic heterocycles. The first-order chi connectivity index (χ1) is 4.67. The molecule has 0 saturated carbocycles. The molecule has 10 heavy (non-hydrogen) atoms. The van der Waals surface area contributed by atoms with E-state index in [1.54, 1.807) is 0 Å². The zero-order chi connectivity index (χ0) is 7.78. The van der Waals surface area contributed by atoms with Crippen molar-refractivity contribution in [2.75, 3.05) is 5.75 Å². The molecule has 1 aliphatic rings. The van der Waals surface area contributed by atoms with E-state index in [1.807, 2.05) is 6.92 Å². The van der Waals surface area contributed by atoms with Crippen molar-refractivity contribution in [1.29, 1.82) is 0 Å². The SMILES string of the molecule is CCC1N[C@@]1(CS)C(=O)O. The van der Waals surface area contributed by atoms with Crippen molar-refractivity contribution in [2.24, 2.45) is 0 Å². The van der Waals surface area contributed by atoms with Gasteiger partial charge in [0.2, 0.25) is 0 Å². The molecule has 1 unspecified atom stereocenters. The van der Waals surface area contributed by atoms with Gasteiger partial charge in [-0.3, -0.25) is 10.1 Å². The maximum absolute atomic E-state index is 10.6. The molecular formula is C6H11NO2S. The number of hydrogen-bond donors (Lipinski definition) is 3. The number of nitrogens with one attached hydrogen (secondary N) is 1. The van der Waals surface area contributed by atoms with Gasteiger partial charge in [-0.25, -0.2) is 0 Å². The number of carboxylic acids is 1. The summed E-state index contributed by atoms with van der Waals surface area (Å²) in [7, 11) is 0. The van der Waals surface area contributed by atoms with Crippen LogP contribution in [0.25, 0.3) is 0 Å². The predicted octanol–water partition coefficient (Wildman–Crippen LogP) is 0.121. The lowest BCUT2D eigenvalue weighted by Crippen LogP contribution is -2.31. The average Bonchev–Trinajstić information content (AvgIpc) is 2.62. The standard InChI is InChI=1S/C6H11NO2S/c1-2-4-6(3-10,7-4)5(8)9/h4,7,10H,2-3H2,1H3,(H,8,9)/t4?,6-/m1/s1. The first kappa shape index (κ1) is 7.88. The molecule has 0 aromatic rings. The lowest BCUT2D eigenvalue weighted by atomic mass is 10.1. The second kappa shape index (κ2) is 2.43. The highest BCUT2D eigenvalue weighted by molar-refractivity contribution is 7.80. The van der Waals surface area contributed by atoms with Crippen LogP contribution in [0.3, 0.4) is 0 Å². The summed E-state index contributed by atoms with van der Waals surface area (Å²) in [6.45, 7) is 1.96. The Hall–Kier alpha value is -0.220. The largest absolute Gasteiger partial charge is 0.480 e. The van der Waals surface area contributed by atoms with Crippen molar-refractivity contribution in [3.63, 3.8) is 0 Å². The third-order valence-corrected chi connectivity index (χ3v) is 2.48. The summed E-state index contributed by atoms with van der Waals surface area (Å²) in [6.07, 6.45) is 0.854. The van der Waals surface area contributed by atoms with Gasteiger partial charge in [0, 0.05) is 11.8 Å². The minimum atomic E-state index is -0.783. The molecule has 1 rings (SSSR count). The van der Waals surface area contributed by atoms with E-state index < -0.39 is 11.5 Å². The van der Waals surface area contributed by atoms with Gasteiger partial charge in [-0.05, 0) is 6.42 Å². The first-order valence-corrected chi connectivity index (χ1v) is 3.92. The van der Waals surface area contributed by atoms with Crippen LogP contribution in [0.15, 0.2) is 0 Å². The molecule has 0 radical (unpaired) electrons. The Kier molecular flexibility index (Phi) is 1.92. The predicted molar refractivity (Wildman–Crippen MR) is 41.4 cm³/mol. The fraction of sp³-hybridized carbons (Fsp3) is 0.833. The monoisotopic (exact) mass is 161 g/mol. The molecular weight excluding hydrogens is 150 g/mol. The minimum absolute atomic E-state index is 0.127. The van der Waals surface area contributed by atoms with Crippen LogP contribution in [-0.4, -0.2) is 28.4 Å². The Bertz CT molecular complexity index is 162. The Morgan fingerprint density at radius 1 is 1.90 bits per heavy atom. The van der Waals surface area contributed by atoms with Crippen molar-refractivity contribution < 1.29 is 9.90 Å². The molecule has 1 fully saturated rings. The van der Waals surface area contributed by atoms with Crippen LogP contribution in [0.4, 0.5) is 0 Å². The zero-order valence-electron chi connectivity index (χ0n) is 5.79. The van der Waals surface area contributed by atoms with Gasteiger partial charge >= 0.3 is 5.97 Å².